The fourth-order valence-electron chi connectivity index (χ4n) is 3.82. The van der Waals surface area contributed by atoms with Gasteiger partial charge in [0.05, 0.1) is 10.2 Å². The third kappa shape index (κ3) is 3.32. The number of amides is 2. The fraction of sp³-hybridized carbons (Fsp3) is 0.579. The van der Waals surface area contributed by atoms with Gasteiger partial charge in [-0.15, -0.1) is 0 Å². The summed E-state index contributed by atoms with van der Waals surface area (Å²) in [5, 5.41) is 4.28. The van der Waals surface area contributed by atoms with E-state index in [2.05, 4.69) is 36.2 Å². The number of thiazole rings is 1. The smallest absolute Gasteiger partial charge is 0.317 e. The van der Waals surface area contributed by atoms with Gasteiger partial charge in [0.2, 0.25) is 0 Å². The fourth-order valence-corrected chi connectivity index (χ4v) is 4.98. The van der Waals surface area contributed by atoms with Crippen LogP contribution in [-0.2, 0) is 0 Å². The first-order valence-corrected chi connectivity index (χ1v) is 10.1. The van der Waals surface area contributed by atoms with Gasteiger partial charge in [0, 0.05) is 32.2 Å². The first kappa shape index (κ1) is 16.6. The van der Waals surface area contributed by atoms with Crippen molar-refractivity contribution in [3.8, 4) is 0 Å². The maximum atomic E-state index is 12.4. The molecule has 2 fully saturated rings. The van der Waals surface area contributed by atoms with Crippen molar-refractivity contribution in [2.24, 2.45) is 0 Å². The van der Waals surface area contributed by atoms with Crippen LogP contribution in [0.15, 0.2) is 12.1 Å². The van der Waals surface area contributed by atoms with Crippen molar-refractivity contribution in [3.05, 3.63) is 23.3 Å². The highest BCUT2D eigenvalue weighted by Gasteiger charge is 2.25. The van der Waals surface area contributed by atoms with Gasteiger partial charge in [-0.05, 0) is 37.8 Å². The normalized spacial score (nSPS) is 19.0. The van der Waals surface area contributed by atoms with Crippen LogP contribution in [0.2, 0.25) is 0 Å². The predicted molar refractivity (Wildman–Crippen MR) is 104 cm³/mol. The molecule has 1 aliphatic heterocycles. The number of hydrogen-bond donors (Lipinski definition) is 1. The van der Waals surface area contributed by atoms with Crippen molar-refractivity contribution in [3.63, 3.8) is 0 Å². The number of aryl methyl sites for hydroxylation is 2. The molecule has 1 aromatic carbocycles. The molecule has 0 spiro atoms. The maximum Gasteiger partial charge on any atom is 0.317 e. The summed E-state index contributed by atoms with van der Waals surface area (Å²) in [6.45, 7) is 7.52. The SMILES string of the molecule is Cc1ccc(C)c2sc(N3CCN(C(=O)NC4CCCC4)CC3)nc12. The highest BCUT2D eigenvalue weighted by atomic mass is 32.1. The molecule has 25 heavy (non-hydrogen) atoms. The largest absolute Gasteiger partial charge is 0.345 e. The van der Waals surface area contributed by atoms with Gasteiger partial charge in [0.1, 0.15) is 0 Å². The van der Waals surface area contributed by atoms with Gasteiger partial charge in [-0.2, -0.15) is 0 Å². The Hall–Kier alpha value is -1.82. The number of piperazine rings is 1. The molecular formula is C19H26N4OS. The van der Waals surface area contributed by atoms with Crippen LogP contribution in [0.3, 0.4) is 0 Å². The number of urea groups is 1. The number of aromatic nitrogens is 1. The monoisotopic (exact) mass is 358 g/mol. The standard InChI is InChI=1S/C19H26N4OS/c1-13-7-8-14(2)17-16(13)21-19(25-17)23-11-9-22(10-12-23)18(24)20-15-5-3-4-6-15/h7-8,15H,3-6,9-12H2,1-2H3,(H,20,24). The summed E-state index contributed by atoms with van der Waals surface area (Å²) in [6, 6.07) is 4.82. The molecule has 4 rings (SSSR count). The lowest BCUT2D eigenvalue weighted by atomic mass is 10.1. The van der Waals surface area contributed by atoms with E-state index in [1.54, 1.807) is 11.3 Å². The van der Waals surface area contributed by atoms with E-state index in [1.807, 2.05) is 4.90 Å². The third-order valence-electron chi connectivity index (χ3n) is 5.45. The first-order chi connectivity index (χ1) is 12.1. The van der Waals surface area contributed by atoms with Crippen molar-refractivity contribution in [2.45, 2.75) is 45.6 Å². The van der Waals surface area contributed by atoms with E-state index in [0.29, 0.717) is 6.04 Å². The van der Waals surface area contributed by atoms with Crippen LogP contribution < -0.4 is 10.2 Å². The topological polar surface area (TPSA) is 48.5 Å². The molecule has 2 amide bonds. The van der Waals surface area contributed by atoms with Gasteiger partial charge in [-0.1, -0.05) is 36.3 Å². The summed E-state index contributed by atoms with van der Waals surface area (Å²) in [6.07, 6.45) is 4.76. The first-order valence-electron chi connectivity index (χ1n) is 9.29. The van der Waals surface area contributed by atoms with Crippen LogP contribution in [0.25, 0.3) is 10.2 Å². The molecule has 1 saturated carbocycles. The maximum absolute atomic E-state index is 12.4. The summed E-state index contributed by atoms with van der Waals surface area (Å²) in [7, 11) is 0. The Kier molecular flexibility index (Phi) is 4.54. The molecule has 1 aliphatic carbocycles. The number of anilines is 1. The molecule has 2 heterocycles. The van der Waals surface area contributed by atoms with Crippen LogP contribution in [0.1, 0.15) is 36.8 Å². The van der Waals surface area contributed by atoms with Gasteiger partial charge >= 0.3 is 6.03 Å². The minimum atomic E-state index is 0.113. The lowest BCUT2D eigenvalue weighted by Crippen LogP contribution is -2.53. The van der Waals surface area contributed by atoms with Crippen molar-refractivity contribution in [1.82, 2.24) is 15.2 Å². The van der Waals surface area contributed by atoms with Crippen LogP contribution >= 0.6 is 11.3 Å². The zero-order valence-corrected chi connectivity index (χ0v) is 15.9. The molecule has 0 radical (unpaired) electrons. The van der Waals surface area contributed by atoms with Gasteiger partial charge in [-0.25, -0.2) is 9.78 Å². The molecule has 6 heteroatoms. The van der Waals surface area contributed by atoms with Crippen molar-refractivity contribution in [1.29, 1.82) is 0 Å². The van der Waals surface area contributed by atoms with Crippen molar-refractivity contribution >= 4 is 32.7 Å². The lowest BCUT2D eigenvalue weighted by molar-refractivity contribution is 0.190. The molecule has 134 valence electrons. The predicted octanol–water partition coefficient (Wildman–Crippen LogP) is 3.69. The highest BCUT2D eigenvalue weighted by molar-refractivity contribution is 7.22. The molecular weight excluding hydrogens is 332 g/mol. The van der Waals surface area contributed by atoms with Crippen molar-refractivity contribution in [2.75, 3.05) is 31.1 Å². The van der Waals surface area contributed by atoms with E-state index < -0.39 is 0 Å². The van der Waals surface area contributed by atoms with E-state index in [9.17, 15) is 4.79 Å². The highest BCUT2D eigenvalue weighted by Crippen LogP contribution is 2.33. The van der Waals surface area contributed by atoms with E-state index in [1.165, 1.54) is 28.7 Å². The Morgan fingerprint density at radius 1 is 1.12 bits per heavy atom. The van der Waals surface area contributed by atoms with Crippen LogP contribution in [0.4, 0.5) is 9.93 Å². The second-order valence-electron chi connectivity index (χ2n) is 7.28. The van der Waals surface area contributed by atoms with Gasteiger partial charge in [-0.3, -0.25) is 0 Å². The molecule has 1 saturated heterocycles. The average Bonchev–Trinajstić information content (AvgIpc) is 3.28. The molecule has 0 atom stereocenters. The number of carbonyl (C=O) groups excluding carboxylic acids is 1. The second kappa shape index (κ2) is 6.83. The molecule has 0 bridgehead atoms. The molecule has 1 N–H and O–H groups in total. The minimum Gasteiger partial charge on any atom is -0.345 e. The summed E-state index contributed by atoms with van der Waals surface area (Å²) in [4.78, 5) is 21.6. The third-order valence-corrected chi connectivity index (χ3v) is 6.70. The number of benzene rings is 1. The van der Waals surface area contributed by atoms with Crippen LogP contribution in [0, 0.1) is 13.8 Å². The summed E-state index contributed by atoms with van der Waals surface area (Å²) >= 11 is 1.78. The molecule has 2 aliphatic rings. The summed E-state index contributed by atoms with van der Waals surface area (Å²) in [5.41, 5.74) is 3.65. The number of rotatable bonds is 2. The number of nitrogens with zero attached hydrogens (tertiary/aromatic N) is 3. The minimum absolute atomic E-state index is 0.113. The molecule has 2 aromatic rings. The Balaban J connectivity index is 1.41. The Labute approximate surface area is 153 Å². The van der Waals surface area contributed by atoms with E-state index >= 15 is 0 Å². The zero-order valence-electron chi connectivity index (χ0n) is 15.0. The molecule has 1 aromatic heterocycles. The van der Waals surface area contributed by atoms with E-state index in [-0.39, 0.29) is 6.03 Å². The number of fused-ring (bicyclic) bond motifs is 1. The number of hydrogen-bond acceptors (Lipinski definition) is 4. The molecule has 0 unspecified atom stereocenters. The van der Waals surface area contributed by atoms with Gasteiger partial charge < -0.3 is 15.1 Å². The second-order valence-corrected chi connectivity index (χ2v) is 8.26. The lowest BCUT2D eigenvalue weighted by Gasteiger charge is -2.35. The number of carbonyl (C=O) groups is 1. The average molecular weight is 359 g/mol. The summed E-state index contributed by atoms with van der Waals surface area (Å²) < 4.78 is 1.29. The Morgan fingerprint density at radius 2 is 1.80 bits per heavy atom. The van der Waals surface area contributed by atoms with E-state index in [4.69, 9.17) is 4.98 Å². The van der Waals surface area contributed by atoms with E-state index in [0.717, 1.165) is 49.7 Å². The Bertz CT molecular complexity index is 734. The summed E-state index contributed by atoms with van der Waals surface area (Å²) in [5.74, 6) is 0. The van der Waals surface area contributed by atoms with Gasteiger partial charge in [0.25, 0.3) is 0 Å². The number of nitrogens with one attached hydrogen (secondary N) is 1. The van der Waals surface area contributed by atoms with Crippen LogP contribution in [-0.4, -0.2) is 48.1 Å². The molecule has 5 nitrogen and oxygen atoms in total. The quantitative estimate of drug-likeness (QED) is 0.891. The van der Waals surface area contributed by atoms with Gasteiger partial charge in [0.15, 0.2) is 5.13 Å². The Morgan fingerprint density at radius 3 is 2.48 bits per heavy atom. The zero-order chi connectivity index (χ0) is 17.4. The van der Waals surface area contributed by atoms with Crippen LogP contribution in [0.5, 0.6) is 0 Å². The van der Waals surface area contributed by atoms with Crippen molar-refractivity contribution < 1.29 is 4.79 Å².